The van der Waals surface area contributed by atoms with Crippen LogP contribution in [0, 0.1) is 6.92 Å². The molecule has 29 heavy (non-hydrogen) atoms. The largest absolute Gasteiger partial charge is 0.435 e. The molecule has 13 heteroatoms. The minimum Gasteiger partial charge on any atom is -0.269 e. The number of rotatable bonds is 4. The zero-order valence-electron chi connectivity index (χ0n) is 14.6. The van der Waals surface area contributed by atoms with E-state index in [2.05, 4.69) is 15.2 Å². The quantitative estimate of drug-likeness (QED) is 0.461. The van der Waals surface area contributed by atoms with Gasteiger partial charge in [0.1, 0.15) is 5.15 Å². The molecule has 0 aliphatic carbocycles. The van der Waals surface area contributed by atoms with Gasteiger partial charge < -0.3 is 0 Å². The Balaban J connectivity index is 1.70. The van der Waals surface area contributed by atoms with E-state index < -0.39 is 11.9 Å². The molecule has 0 N–H and O–H groups in total. The van der Waals surface area contributed by atoms with E-state index in [0.29, 0.717) is 22.2 Å². The third kappa shape index (κ3) is 3.89. The van der Waals surface area contributed by atoms with Crippen LogP contribution >= 0.6 is 34.5 Å². The van der Waals surface area contributed by atoms with Crippen LogP contribution in [-0.4, -0.2) is 28.9 Å². The van der Waals surface area contributed by atoms with E-state index in [1.807, 2.05) is 6.92 Å². The molecule has 4 aromatic rings. The summed E-state index contributed by atoms with van der Waals surface area (Å²) in [6, 6.07) is 1.99. The van der Waals surface area contributed by atoms with Crippen molar-refractivity contribution in [1.82, 2.24) is 28.9 Å². The SMILES string of the molecule is Cc1sc2nc(Cn3nc(C(F)(F)F)cc3Cl)cc(=O)n2c1Cn1cc(Cl)cn1. The number of fused-ring (bicyclic) bond motifs is 1. The predicted molar refractivity (Wildman–Crippen MR) is 102 cm³/mol. The highest BCUT2D eigenvalue weighted by molar-refractivity contribution is 7.17. The third-order valence-corrected chi connectivity index (χ3v) is 5.61. The van der Waals surface area contributed by atoms with Crippen molar-refractivity contribution < 1.29 is 13.2 Å². The normalized spacial score (nSPS) is 12.2. The highest BCUT2D eigenvalue weighted by atomic mass is 35.5. The lowest BCUT2D eigenvalue weighted by Crippen LogP contribution is -2.19. The molecule has 0 fully saturated rings. The summed E-state index contributed by atoms with van der Waals surface area (Å²) in [5.41, 5.74) is -0.511. The monoisotopic (exact) mass is 462 g/mol. The van der Waals surface area contributed by atoms with Crippen LogP contribution in [0.25, 0.3) is 4.96 Å². The number of hydrogen-bond acceptors (Lipinski definition) is 5. The van der Waals surface area contributed by atoms with Crippen molar-refractivity contribution in [1.29, 1.82) is 0 Å². The topological polar surface area (TPSA) is 70.0 Å². The van der Waals surface area contributed by atoms with Crippen molar-refractivity contribution in [3.63, 3.8) is 0 Å². The molecule has 0 bridgehead atoms. The molecule has 0 saturated heterocycles. The highest BCUT2D eigenvalue weighted by Gasteiger charge is 2.34. The number of alkyl halides is 3. The minimum absolute atomic E-state index is 0.165. The Morgan fingerprint density at radius 3 is 2.59 bits per heavy atom. The van der Waals surface area contributed by atoms with Gasteiger partial charge in [-0.25, -0.2) is 9.67 Å². The fraction of sp³-hybridized carbons (Fsp3) is 0.250. The zero-order valence-corrected chi connectivity index (χ0v) is 16.9. The molecule has 0 unspecified atom stereocenters. The molecule has 0 radical (unpaired) electrons. The minimum atomic E-state index is -4.61. The Morgan fingerprint density at radius 2 is 1.97 bits per heavy atom. The summed E-state index contributed by atoms with van der Waals surface area (Å²) in [7, 11) is 0. The van der Waals surface area contributed by atoms with Crippen LogP contribution < -0.4 is 5.56 Å². The second kappa shape index (κ2) is 7.15. The first-order valence-corrected chi connectivity index (χ1v) is 9.68. The molecule has 4 aromatic heterocycles. The summed E-state index contributed by atoms with van der Waals surface area (Å²) in [4.78, 5) is 18.4. The number of halogens is 5. The van der Waals surface area contributed by atoms with Crippen LogP contribution in [0.4, 0.5) is 13.2 Å². The zero-order chi connectivity index (χ0) is 20.9. The van der Waals surface area contributed by atoms with E-state index in [1.54, 1.807) is 10.9 Å². The molecular formula is C16H11Cl2F3N6OS. The average molecular weight is 463 g/mol. The van der Waals surface area contributed by atoms with Crippen LogP contribution in [-0.2, 0) is 19.3 Å². The number of aryl methyl sites for hydroxylation is 1. The van der Waals surface area contributed by atoms with Gasteiger partial charge in [-0.1, -0.05) is 23.2 Å². The van der Waals surface area contributed by atoms with E-state index in [9.17, 15) is 18.0 Å². The summed E-state index contributed by atoms with van der Waals surface area (Å²) in [6.45, 7) is 2.00. The van der Waals surface area contributed by atoms with Crippen LogP contribution in [0.1, 0.15) is 22.0 Å². The predicted octanol–water partition coefficient (Wildman–Crippen LogP) is 3.88. The van der Waals surface area contributed by atoms with Crippen molar-refractivity contribution in [2.45, 2.75) is 26.2 Å². The maximum absolute atomic E-state index is 12.8. The van der Waals surface area contributed by atoms with Gasteiger partial charge in [0.15, 0.2) is 10.7 Å². The van der Waals surface area contributed by atoms with Crippen LogP contribution in [0.3, 0.4) is 0 Å². The smallest absolute Gasteiger partial charge is 0.269 e. The lowest BCUT2D eigenvalue weighted by molar-refractivity contribution is -0.141. The van der Waals surface area contributed by atoms with Crippen molar-refractivity contribution >= 4 is 39.5 Å². The molecule has 0 spiro atoms. The molecule has 0 aromatic carbocycles. The Bertz CT molecular complexity index is 1270. The lowest BCUT2D eigenvalue weighted by atomic mass is 10.3. The van der Waals surface area contributed by atoms with E-state index in [0.717, 1.165) is 15.6 Å². The first-order chi connectivity index (χ1) is 13.6. The van der Waals surface area contributed by atoms with Crippen molar-refractivity contribution in [3.8, 4) is 0 Å². The molecule has 0 atom stereocenters. The fourth-order valence-electron chi connectivity index (χ4n) is 2.81. The molecule has 4 rings (SSSR count). The third-order valence-electron chi connectivity index (χ3n) is 4.11. The van der Waals surface area contributed by atoms with Gasteiger partial charge in [-0.15, -0.1) is 11.3 Å². The first-order valence-electron chi connectivity index (χ1n) is 8.11. The van der Waals surface area contributed by atoms with E-state index in [1.165, 1.54) is 28.0 Å². The summed E-state index contributed by atoms with van der Waals surface area (Å²) in [6.07, 6.45) is -1.48. The second-order valence-electron chi connectivity index (χ2n) is 6.17. The molecule has 152 valence electrons. The van der Waals surface area contributed by atoms with Crippen LogP contribution in [0.15, 0.2) is 29.3 Å². The van der Waals surface area contributed by atoms with Crippen molar-refractivity contribution in [3.05, 3.63) is 67.0 Å². The van der Waals surface area contributed by atoms with Crippen LogP contribution in [0.2, 0.25) is 10.2 Å². The lowest BCUT2D eigenvalue weighted by Gasteiger charge is -2.06. The van der Waals surface area contributed by atoms with E-state index >= 15 is 0 Å². The molecule has 4 heterocycles. The number of thiazole rings is 1. The molecule has 0 amide bonds. The van der Waals surface area contributed by atoms with E-state index in [-0.39, 0.29) is 23.0 Å². The summed E-state index contributed by atoms with van der Waals surface area (Å²) < 4.78 is 42.4. The second-order valence-corrected chi connectivity index (χ2v) is 8.18. The van der Waals surface area contributed by atoms with Crippen molar-refractivity contribution in [2.75, 3.05) is 0 Å². The summed E-state index contributed by atoms with van der Waals surface area (Å²) in [5, 5.41) is 7.85. The van der Waals surface area contributed by atoms with Crippen LogP contribution in [0.5, 0.6) is 0 Å². The Hall–Kier alpha value is -2.37. The fourth-order valence-corrected chi connectivity index (χ4v) is 4.17. The van der Waals surface area contributed by atoms with Gasteiger partial charge >= 0.3 is 6.18 Å². The molecule has 7 nitrogen and oxygen atoms in total. The van der Waals surface area contributed by atoms with Gasteiger partial charge in [-0.3, -0.25) is 13.9 Å². The number of hydrogen-bond donors (Lipinski definition) is 0. The Kier molecular flexibility index (Phi) is 4.91. The molecular weight excluding hydrogens is 452 g/mol. The molecule has 0 aliphatic rings. The first kappa shape index (κ1) is 19.9. The average Bonchev–Trinajstić information content (AvgIpc) is 3.27. The van der Waals surface area contributed by atoms with Gasteiger partial charge in [0.25, 0.3) is 5.56 Å². The summed E-state index contributed by atoms with van der Waals surface area (Å²) >= 11 is 13.0. The molecule has 0 aliphatic heterocycles. The van der Waals surface area contributed by atoms with Gasteiger partial charge in [-0.2, -0.15) is 23.4 Å². The van der Waals surface area contributed by atoms with Crippen molar-refractivity contribution in [2.24, 2.45) is 0 Å². The summed E-state index contributed by atoms with van der Waals surface area (Å²) in [5.74, 6) is 0. The number of nitrogens with zero attached hydrogens (tertiary/aromatic N) is 6. The maximum Gasteiger partial charge on any atom is 0.435 e. The van der Waals surface area contributed by atoms with E-state index in [4.69, 9.17) is 23.2 Å². The van der Waals surface area contributed by atoms with Gasteiger partial charge in [0, 0.05) is 23.2 Å². The number of aromatic nitrogens is 6. The Morgan fingerprint density at radius 1 is 1.21 bits per heavy atom. The van der Waals surface area contributed by atoms with Gasteiger partial charge in [-0.05, 0) is 6.92 Å². The highest BCUT2D eigenvalue weighted by Crippen LogP contribution is 2.30. The standard InChI is InChI=1S/C16H11Cl2F3N6OS/c1-8-11(7-25-5-9(17)4-22-25)27-14(28)2-10(23-15(27)29-8)6-26-13(18)3-12(24-26)16(19,20)21/h2-5H,6-7H2,1H3. The van der Waals surface area contributed by atoms with Gasteiger partial charge in [0.2, 0.25) is 0 Å². The maximum atomic E-state index is 12.8. The molecule has 0 saturated carbocycles. The Labute approximate surface area is 174 Å². The van der Waals surface area contributed by atoms with Gasteiger partial charge in [0.05, 0.1) is 35.7 Å².